The first kappa shape index (κ1) is 254. The zero-order valence-electron chi connectivity index (χ0n) is 39.8. The van der Waals surface area contributed by atoms with E-state index in [0.717, 1.165) is 114 Å². The minimum Gasteiger partial charge on any atom is 0 e. The van der Waals surface area contributed by atoms with E-state index < -0.39 is 110 Å². The van der Waals surface area contributed by atoms with Crippen LogP contribution in [0.15, 0.2) is 0 Å². The number of rotatable bonds is 0. The minimum atomic E-state index is -3.11. The van der Waals surface area contributed by atoms with Crippen LogP contribution in [0.3, 0.4) is 0 Å². The second-order valence-electron chi connectivity index (χ2n) is 1.14. The van der Waals surface area contributed by atoms with E-state index in [2.05, 4.69) is 0 Å². The molecule has 0 spiro atoms. The molecule has 24 nitrogen and oxygen atoms in total. The third-order valence-electron chi connectivity index (χ3n) is 0. The Morgan fingerprint density at radius 1 is 0.229 bits per heavy atom. The van der Waals surface area contributed by atoms with Crippen LogP contribution in [0.25, 0.3) is 0 Å². The van der Waals surface area contributed by atoms with Crippen molar-refractivity contribution in [2.75, 3.05) is 114 Å². The molecule has 0 aromatic carbocycles. The SMILES string of the molecule is CO.CO.CO.CO.CO.CO.CO.CO.CO.CO.CO.CO.CO.CO.CO.CO.Cl.Cl.O.O.O.O.O.O.O.O.[Cl][Ti]([Cl])([Cl])[Cl].[Cl][Ti]([Cl])[Cl].[Cl][Ti]([Cl])[Cl].[Cl][Ti][Cl].[Cl][Ti][Cl].[Cl][Ti][Cl].[Cl][Ti][Cl].[Ti].[Ti].[Ti]. The Bertz CT molecular complexity index is 224. The summed E-state index contributed by atoms with van der Waals surface area (Å²) in [6.07, 6.45) is 0. The predicted octanol–water partition coefficient (Wildman–Crippen LogP) is 0.368. The van der Waals surface area contributed by atoms with Crippen LogP contribution in [0.4, 0.5) is 0 Å². The molecule has 0 fully saturated rings. The van der Waals surface area contributed by atoms with Gasteiger partial charge in [0.05, 0.1) is 0 Å². The van der Waals surface area contributed by atoms with E-state index in [-0.39, 0.29) is 134 Å². The molecule has 70 heavy (non-hydrogen) atoms. The molecule has 0 aliphatic heterocycles. The topological polar surface area (TPSA) is 576 Å². The van der Waals surface area contributed by atoms with E-state index in [0.29, 0.717) is 0 Å². The van der Waals surface area contributed by atoms with Crippen LogP contribution < -0.4 is 0 Å². The Morgan fingerprint density at radius 3 is 0.229 bits per heavy atom. The molecule has 0 radical (unpaired) electrons. The van der Waals surface area contributed by atoms with Crippen molar-refractivity contribution in [2.45, 2.75) is 0 Å². The second kappa shape index (κ2) is 662. The minimum absolute atomic E-state index is 0. The van der Waals surface area contributed by atoms with Crippen LogP contribution in [-0.4, -0.2) is 239 Å². The third-order valence-corrected chi connectivity index (χ3v) is 0. The molecule has 0 aliphatic rings. The Kier molecular flexibility index (Phi) is 2400. The Hall–Kier alpha value is 12.0. The molecule has 0 atom stereocenters. The van der Waals surface area contributed by atoms with Crippen molar-refractivity contribution in [3.63, 3.8) is 0 Å². The fraction of sp³-hybridized carbons (Fsp3) is 1.00. The van der Waals surface area contributed by atoms with Crippen molar-refractivity contribution in [2.24, 2.45) is 0 Å². The van der Waals surface area contributed by atoms with Gasteiger partial charge in [0, 0.05) is 179 Å². The van der Waals surface area contributed by atoms with Crippen molar-refractivity contribution < 1.29 is 301 Å². The standard InChI is InChI=1S/16CH4O.20ClH.8H2O.10Ti/c16*1-2;;;;;;;;;;;;;;;;;;;;;;;;;;;;;;;;;;;;;;/h16*2H,1H3;20*1H;8*1H2;;;;;;;;;;/q;;;;;;;;;;;;;;;;;;;;;;;;;;;;;;;;;;;;;;;;;;;;;;;4*+2;2*+3;+4/p-18. The molecular weight excluding hydrogens is 1760 g/mol. The van der Waals surface area contributed by atoms with Gasteiger partial charge in [-0.15, -0.1) is 24.8 Å². The summed E-state index contributed by atoms with van der Waals surface area (Å²) in [4.78, 5) is 0. The third kappa shape index (κ3) is 3470. The first-order chi connectivity index (χ1) is 27.1. The molecule has 0 unspecified atom stereocenters. The molecular formula is C16H82Cl20O24Ti10. The van der Waals surface area contributed by atoms with Crippen LogP contribution in [-0.2, 0) is 175 Å². The molecule has 0 aromatic heterocycles. The van der Waals surface area contributed by atoms with E-state index in [1.54, 1.807) is 0 Å². The number of hydrogen-bond donors (Lipinski definition) is 16. The second-order valence-corrected chi connectivity index (χ2v) is 42.4. The monoisotopic (exact) mass is 1840 g/mol. The maximum atomic E-state index is 7.00. The molecule has 32 N–H and O–H groups in total. The Morgan fingerprint density at radius 2 is 0.229 bits per heavy atom. The number of halogens is 20. The van der Waals surface area contributed by atoms with Crippen molar-refractivity contribution in [1.82, 2.24) is 0 Å². The molecule has 0 aliphatic carbocycles. The normalized spacial score (nSPS) is 3.80. The van der Waals surface area contributed by atoms with Gasteiger partial charge in [-0.1, -0.05) is 0 Å². The molecule has 0 rings (SSSR count). The summed E-state index contributed by atoms with van der Waals surface area (Å²) in [6, 6.07) is 0. The van der Waals surface area contributed by atoms with Crippen LogP contribution in [0.1, 0.15) is 0 Å². The summed E-state index contributed by atoms with van der Waals surface area (Å²) in [5.41, 5.74) is 0. The summed E-state index contributed by atoms with van der Waals surface area (Å²) in [6.45, 7) is 0. The fourth-order valence-corrected chi connectivity index (χ4v) is 0. The van der Waals surface area contributed by atoms with E-state index in [4.69, 9.17) is 249 Å². The van der Waals surface area contributed by atoms with Crippen LogP contribution in [0.2, 0.25) is 0 Å². The molecule has 0 saturated heterocycles. The Balaban J connectivity index is -0.00000000507. The van der Waals surface area contributed by atoms with Gasteiger partial charge >= 0.3 is 277 Å². The maximum absolute atomic E-state index is 7.00. The quantitative estimate of drug-likeness (QED) is 0.146. The molecule has 0 heterocycles. The summed E-state index contributed by atoms with van der Waals surface area (Å²) in [7, 11) is 105. The summed E-state index contributed by atoms with van der Waals surface area (Å²) in [5.74, 6) is 0. The average Bonchev–Trinajstić information content (AvgIpc) is 3.27. The van der Waals surface area contributed by atoms with E-state index >= 15 is 0 Å². The van der Waals surface area contributed by atoms with Crippen molar-refractivity contribution >= 4 is 192 Å². The molecule has 470 valence electrons. The first-order valence-electron chi connectivity index (χ1n) is 10.6. The largest absolute Gasteiger partial charge is 0 e. The van der Waals surface area contributed by atoms with Crippen LogP contribution >= 0.6 is 192 Å². The van der Waals surface area contributed by atoms with E-state index in [1.165, 1.54) is 0 Å². The van der Waals surface area contributed by atoms with Gasteiger partial charge in [-0.3, -0.25) is 0 Å². The van der Waals surface area contributed by atoms with Gasteiger partial charge in [0.1, 0.15) is 0 Å². The zero-order chi connectivity index (χ0) is 54.5. The van der Waals surface area contributed by atoms with Gasteiger partial charge in [0.25, 0.3) is 0 Å². The number of aliphatic hydroxyl groups excluding tert-OH is 16. The number of hydrogen-bond acceptors (Lipinski definition) is 16. The Labute approximate surface area is 595 Å². The van der Waals surface area contributed by atoms with Crippen molar-refractivity contribution in [3.05, 3.63) is 0 Å². The van der Waals surface area contributed by atoms with Crippen LogP contribution in [0.5, 0.6) is 0 Å². The van der Waals surface area contributed by atoms with Crippen molar-refractivity contribution in [3.8, 4) is 0 Å². The van der Waals surface area contributed by atoms with Gasteiger partial charge in [0.15, 0.2) is 0 Å². The van der Waals surface area contributed by atoms with Gasteiger partial charge in [-0.2, -0.15) is 0 Å². The van der Waals surface area contributed by atoms with Gasteiger partial charge in [-0.05, 0) is 0 Å². The summed E-state index contributed by atoms with van der Waals surface area (Å²) in [5, 5.41) is 112. The predicted molar refractivity (Wildman–Crippen MR) is 279 cm³/mol. The molecule has 0 bridgehead atoms. The molecule has 0 amide bonds. The van der Waals surface area contributed by atoms with Crippen molar-refractivity contribution in [1.29, 1.82) is 0 Å². The van der Waals surface area contributed by atoms with Gasteiger partial charge in [0.2, 0.25) is 0 Å². The van der Waals surface area contributed by atoms with E-state index in [1.807, 2.05) is 0 Å². The zero-order valence-corrected chi connectivity index (χ0v) is 70.6. The average molecular weight is 1850 g/mol. The maximum Gasteiger partial charge on any atom is 0 e. The van der Waals surface area contributed by atoms with Crippen LogP contribution in [0, 0.1) is 0 Å². The first-order valence-corrected chi connectivity index (χ1v) is 49.2. The molecule has 0 aromatic rings. The van der Waals surface area contributed by atoms with Gasteiger partial charge < -0.3 is 126 Å². The van der Waals surface area contributed by atoms with E-state index in [9.17, 15) is 0 Å². The molecule has 0 saturated carbocycles. The van der Waals surface area contributed by atoms with Gasteiger partial charge in [-0.25, -0.2) is 0 Å². The fourth-order valence-electron chi connectivity index (χ4n) is 0. The number of aliphatic hydroxyl groups is 16. The molecule has 54 heteroatoms. The summed E-state index contributed by atoms with van der Waals surface area (Å²) < 4.78 is 0. The smallest absolute Gasteiger partial charge is 0 e. The summed E-state index contributed by atoms with van der Waals surface area (Å²) >= 11 is -9.17.